The van der Waals surface area contributed by atoms with Crippen molar-refractivity contribution in [3.05, 3.63) is 99.0 Å². The third-order valence-corrected chi connectivity index (χ3v) is 8.58. The predicted octanol–water partition coefficient (Wildman–Crippen LogP) is 6.78. The lowest BCUT2D eigenvalue weighted by atomic mass is 10.0. The van der Waals surface area contributed by atoms with Crippen molar-refractivity contribution in [1.82, 2.24) is 10.6 Å². The summed E-state index contributed by atoms with van der Waals surface area (Å²) in [5.74, 6) is -1.77. The summed E-state index contributed by atoms with van der Waals surface area (Å²) in [7, 11) is 1.57. The Bertz CT molecular complexity index is 1940. The molecule has 0 radical (unpaired) electrons. The summed E-state index contributed by atoms with van der Waals surface area (Å²) in [5.41, 5.74) is 1.27. The van der Waals surface area contributed by atoms with Gasteiger partial charge in [0, 0.05) is 20.6 Å². The summed E-state index contributed by atoms with van der Waals surface area (Å²) in [5, 5.41) is 16.2. The number of hydrogen-bond donors (Lipinski definition) is 2. The number of ether oxygens (including phenoxy) is 1. The zero-order valence-corrected chi connectivity index (χ0v) is 29.1. The largest absolute Gasteiger partial charge is 0.484 e. The quantitative estimate of drug-likeness (QED) is 0.204. The van der Waals surface area contributed by atoms with Gasteiger partial charge in [0.1, 0.15) is 11.8 Å². The topological polar surface area (TPSA) is 115 Å². The van der Waals surface area contributed by atoms with Crippen LogP contribution >= 0.6 is 39.9 Å². The maximum atomic E-state index is 14.5. The average molecular weight is 779 g/mol. The maximum absolute atomic E-state index is 14.5. The summed E-state index contributed by atoms with van der Waals surface area (Å²) >= 11 is 9.85. The standard InChI is InChI=1S/C34H28BrClF3N5O4.ClH/c1-19(41-2)31(45)42-27-17-44(32(46)21-5-3-20(15-40)4-6-21)29-14-24(36)9-11-28(29)43(33(27)47)16-26-25-10-8-23(35)13-22(25)7-12-30(26)48-18-34(37,38)39;/h3-14,19,27,41H,16-18H2,1-2H3,(H,42,45);1H. The minimum absolute atomic E-state index is 0. The first-order chi connectivity index (χ1) is 22.8. The van der Waals surface area contributed by atoms with Gasteiger partial charge >= 0.3 is 6.18 Å². The van der Waals surface area contributed by atoms with E-state index in [0.717, 1.165) is 4.47 Å². The summed E-state index contributed by atoms with van der Waals surface area (Å²) in [6, 6.07) is 18.7. The Morgan fingerprint density at radius 3 is 2.45 bits per heavy atom. The SMILES string of the molecule is CNC(C)C(=O)NC1CN(C(=O)c2ccc(C#N)cc2)c2cc(Cl)ccc2N(Cc2c(OCC(F)(F)F)ccc3cc(Br)ccc23)C1=O.Cl. The third kappa shape index (κ3) is 8.45. The van der Waals surface area contributed by atoms with Gasteiger partial charge in [-0.3, -0.25) is 14.4 Å². The van der Waals surface area contributed by atoms with Gasteiger partial charge in [0.15, 0.2) is 6.61 Å². The number of anilines is 2. The number of fused-ring (bicyclic) bond motifs is 2. The Morgan fingerprint density at radius 1 is 1.08 bits per heavy atom. The number of carbonyl (C=O) groups is 3. The molecular weight excluding hydrogens is 750 g/mol. The van der Waals surface area contributed by atoms with Crippen molar-refractivity contribution in [1.29, 1.82) is 5.26 Å². The van der Waals surface area contributed by atoms with Crippen LogP contribution in [0.25, 0.3) is 10.8 Å². The molecule has 2 N–H and O–H groups in total. The van der Waals surface area contributed by atoms with E-state index in [9.17, 15) is 32.8 Å². The minimum Gasteiger partial charge on any atom is -0.484 e. The minimum atomic E-state index is -4.63. The normalized spacial score (nSPS) is 15.1. The molecule has 0 bridgehead atoms. The van der Waals surface area contributed by atoms with Crippen LogP contribution in [0, 0.1) is 11.3 Å². The van der Waals surface area contributed by atoms with Crippen molar-refractivity contribution < 1.29 is 32.3 Å². The Balaban J connectivity index is 0.00000541. The highest BCUT2D eigenvalue weighted by Gasteiger charge is 2.39. The monoisotopic (exact) mass is 777 g/mol. The first kappa shape index (κ1) is 37.5. The zero-order valence-electron chi connectivity index (χ0n) is 26.0. The number of amides is 3. The Morgan fingerprint density at radius 2 is 1.80 bits per heavy atom. The summed E-state index contributed by atoms with van der Waals surface area (Å²) in [6.07, 6.45) is -4.63. The molecule has 4 aromatic rings. The molecule has 0 spiro atoms. The molecule has 1 aliphatic rings. The molecular formula is C34H29BrCl2F3N5O4. The highest BCUT2D eigenvalue weighted by Crippen LogP contribution is 2.40. The molecule has 4 aromatic carbocycles. The van der Waals surface area contributed by atoms with Gasteiger partial charge in [0.25, 0.3) is 11.8 Å². The first-order valence-electron chi connectivity index (χ1n) is 14.6. The van der Waals surface area contributed by atoms with E-state index in [2.05, 4.69) is 26.6 Å². The summed E-state index contributed by atoms with van der Waals surface area (Å²) < 4.78 is 45.9. The predicted molar refractivity (Wildman–Crippen MR) is 186 cm³/mol. The number of alkyl halides is 3. The second kappa shape index (κ2) is 15.5. The molecule has 5 rings (SSSR count). The van der Waals surface area contributed by atoms with Crippen molar-refractivity contribution in [3.63, 3.8) is 0 Å². The number of hydrogen-bond acceptors (Lipinski definition) is 6. The van der Waals surface area contributed by atoms with Crippen LogP contribution in [0.3, 0.4) is 0 Å². The molecule has 1 aliphatic heterocycles. The molecule has 49 heavy (non-hydrogen) atoms. The summed E-state index contributed by atoms with van der Waals surface area (Å²) in [6.45, 7) is -0.549. The molecule has 9 nitrogen and oxygen atoms in total. The highest BCUT2D eigenvalue weighted by molar-refractivity contribution is 9.10. The van der Waals surface area contributed by atoms with E-state index in [1.807, 2.05) is 6.07 Å². The van der Waals surface area contributed by atoms with Crippen LogP contribution in [0.4, 0.5) is 24.5 Å². The second-order valence-electron chi connectivity index (χ2n) is 11.0. The fourth-order valence-electron chi connectivity index (χ4n) is 5.30. The Hall–Kier alpha value is -4.35. The van der Waals surface area contributed by atoms with E-state index in [1.54, 1.807) is 38.2 Å². The molecule has 0 saturated carbocycles. The molecule has 0 aromatic heterocycles. The number of nitrogens with zero attached hydrogens (tertiary/aromatic N) is 3. The first-order valence-corrected chi connectivity index (χ1v) is 15.8. The van der Waals surface area contributed by atoms with E-state index in [0.29, 0.717) is 16.3 Å². The molecule has 0 fully saturated rings. The summed E-state index contributed by atoms with van der Waals surface area (Å²) in [4.78, 5) is 44.3. The van der Waals surface area contributed by atoms with Gasteiger partial charge in [0.2, 0.25) is 5.91 Å². The Kier molecular flexibility index (Phi) is 11.8. The molecule has 15 heteroatoms. The second-order valence-corrected chi connectivity index (χ2v) is 12.4. The van der Waals surface area contributed by atoms with Gasteiger partial charge in [-0.2, -0.15) is 18.4 Å². The zero-order chi connectivity index (χ0) is 34.7. The van der Waals surface area contributed by atoms with Crippen molar-refractivity contribution >= 4 is 79.8 Å². The van der Waals surface area contributed by atoms with Crippen LogP contribution in [0.15, 0.2) is 77.3 Å². The van der Waals surface area contributed by atoms with E-state index >= 15 is 0 Å². The van der Waals surface area contributed by atoms with Crippen LogP contribution in [-0.2, 0) is 16.1 Å². The van der Waals surface area contributed by atoms with E-state index in [-0.39, 0.29) is 58.8 Å². The molecule has 256 valence electrons. The number of rotatable bonds is 8. The fourth-order valence-corrected chi connectivity index (χ4v) is 5.85. The molecule has 1 heterocycles. The van der Waals surface area contributed by atoms with E-state index < -0.39 is 42.6 Å². The maximum Gasteiger partial charge on any atom is 0.422 e. The van der Waals surface area contributed by atoms with Crippen LogP contribution in [-0.4, -0.2) is 56.2 Å². The van der Waals surface area contributed by atoms with Gasteiger partial charge in [0.05, 0.1) is 42.1 Å². The Labute approximate surface area is 299 Å². The van der Waals surface area contributed by atoms with Gasteiger partial charge in [-0.1, -0.05) is 39.7 Å². The van der Waals surface area contributed by atoms with Gasteiger partial charge in [-0.15, -0.1) is 12.4 Å². The highest BCUT2D eigenvalue weighted by atomic mass is 79.9. The van der Waals surface area contributed by atoms with Crippen molar-refractivity contribution in [2.75, 3.05) is 30.0 Å². The van der Waals surface area contributed by atoms with Gasteiger partial charge < -0.3 is 25.2 Å². The number of nitrogens with one attached hydrogen (secondary N) is 2. The molecule has 0 saturated heterocycles. The van der Waals surface area contributed by atoms with Crippen molar-refractivity contribution in [3.8, 4) is 11.8 Å². The van der Waals surface area contributed by atoms with E-state index in [1.165, 1.54) is 58.3 Å². The van der Waals surface area contributed by atoms with Gasteiger partial charge in [-0.25, -0.2) is 0 Å². The average Bonchev–Trinajstić information content (AvgIpc) is 3.16. The lowest BCUT2D eigenvalue weighted by Gasteiger charge is -2.28. The molecule has 2 unspecified atom stereocenters. The van der Waals surface area contributed by atoms with Crippen molar-refractivity contribution in [2.24, 2.45) is 0 Å². The lowest BCUT2D eigenvalue weighted by molar-refractivity contribution is -0.153. The van der Waals surface area contributed by atoms with Crippen molar-refractivity contribution in [2.45, 2.75) is 31.7 Å². The smallest absolute Gasteiger partial charge is 0.422 e. The van der Waals surface area contributed by atoms with Crippen LogP contribution in [0.1, 0.15) is 28.4 Å². The number of carbonyl (C=O) groups excluding carboxylic acids is 3. The molecule has 2 atom stereocenters. The fraction of sp³-hybridized carbons (Fsp3) is 0.235. The van der Waals surface area contributed by atoms with E-state index in [4.69, 9.17) is 16.3 Å². The van der Waals surface area contributed by atoms with Crippen LogP contribution in [0.5, 0.6) is 5.75 Å². The molecule has 0 aliphatic carbocycles. The number of benzene rings is 4. The molecule has 3 amide bonds. The van der Waals surface area contributed by atoms with Crippen LogP contribution in [0.2, 0.25) is 5.02 Å². The lowest BCUT2D eigenvalue weighted by Crippen LogP contribution is -2.55. The number of halogens is 6. The number of nitriles is 1. The number of likely N-dealkylation sites (N-methyl/N-ethyl adjacent to an activating group) is 1. The van der Waals surface area contributed by atoms with Gasteiger partial charge in [-0.05, 0) is 85.4 Å². The van der Waals surface area contributed by atoms with Crippen LogP contribution < -0.4 is 25.2 Å². The third-order valence-electron chi connectivity index (χ3n) is 7.86.